The molecule has 0 fully saturated rings. The molecule has 1 rings (SSSR count). The number of benzene rings is 1. The fourth-order valence-electron chi connectivity index (χ4n) is 0.924. The van der Waals surface area contributed by atoms with Gasteiger partial charge in [0.1, 0.15) is 5.75 Å². The van der Waals surface area contributed by atoms with E-state index in [0.29, 0.717) is 12.1 Å². The molecule has 3 N–H and O–H groups in total. The minimum absolute atomic E-state index is 0. The second kappa shape index (κ2) is 4.67. The van der Waals surface area contributed by atoms with E-state index in [-0.39, 0.29) is 18.2 Å². The van der Waals surface area contributed by atoms with E-state index in [1.165, 1.54) is 0 Å². The van der Waals surface area contributed by atoms with E-state index in [0.717, 1.165) is 5.56 Å². The summed E-state index contributed by atoms with van der Waals surface area (Å²) in [7, 11) is 0. The smallest absolute Gasteiger partial charge is 0.119 e. The van der Waals surface area contributed by atoms with Gasteiger partial charge in [0, 0.05) is 5.69 Å². The number of halogens is 1. The van der Waals surface area contributed by atoms with E-state index in [1.807, 2.05) is 0 Å². The summed E-state index contributed by atoms with van der Waals surface area (Å²) < 4.78 is 0. The Balaban J connectivity index is 0.00000121. The molecule has 1 aromatic carbocycles. The maximum Gasteiger partial charge on any atom is 0.119 e. The van der Waals surface area contributed by atoms with Gasteiger partial charge in [0.2, 0.25) is 0 Å². The summed E-state index contributed by atoms with van der Waals surface area (Å²) in [4.78, 5) is 0. The summed E-state index contributed by atoms with van der Waals surface area (Å²) in [5.74, 6) is 0.277. The van der Waals surface area contributed by atoms with Crippen LogP contribution in [0.1, 0.15) is 5.56 Å². The number of hydrogen-bond acceptors (Lipinski definition) is 2. The van der Waals surface area contributed by atoms with Crippen molar-refractivity contribution in [2.24, 2.45) is 0 Å². The molecule has 66 valence electrons. The van der Waals surface area contributed by atoms with Crippen molar-refractivity contribution in [1.82, 2.24) is 0 Å². The average molecular weight is 186 g/mol. The van der Waals surface area contributed by atoms with E-state index in [4.69, 9.17) is 5.73 Å². The molecule has 0 heterocycles. The fourth-order valence-corrected chi connectivity index (χ4v) is 0.924. The van der Waals surface area contributed by atoms with E-state index in [1.54, 1.807) is 24.3 Å². The van der Waals surface area contributed by atoms with Crippen molar-refractivity contribution in [3.63, 3.8) is 0 Å². The van der Waals surface area contributed by atoms with Crippen LogP contribution in [-0.2, 0) is 6.42 Å². The predicted octanol–water partition coefficient (Wildman–Crippen LogP) is 2.12. The maximum atomic E-state index is 9.26. The number of aromatic hydroxyl groups is 1. The van der Waals surface area contributed by atoms with Gasteiger partial charge in [-0.15, -0.1) is 19.0 Å². The maximum absolute atomic E-state index is 9.26. The zero-order valence-corrected chi connectivity index (χ0v) is 7.47. The average Bonchev–Trinajstić information content (AvgIpc) is 1.98. The molecule has 0 aliphatic heterocycles. The van der Waals surface area contributed by atoms with Gasteiger partial charge in [-0.2, -0.15) is 0 Å². The monoisotopic (exact) mass is 185 g/mol. The Morgan fingerprint density at radius 1 is 1.50 bits per heavy atom. The Morgan fingerprint density at radius 3 is 2.75 bits per heavy atom. The van der Waals surface area contributed by atoms with Crippen molar-refractivity contribution in [3.8, 4) is 5.75 Å². The summed E-state index contributed by atoms with van der Waals surface area (Å²) in [5, 5.41) is 9.26. The zero-order chi connectivity index (χ0) is 8.27. The first-order chi connectivity index (χ1) is 5.24. The van der Waals surface area contributed by atoms with E-state index in [2.05, 4.69) is 6.58 Å². The SMILES string of the molecule is C=CCc1cc(N)ccc1O.Cl. The van der Waals surface area contributed by atoms with Crippen LogP contribution >= 0.6 is 12.4 Å². The Labute approximate surface area is 78.1 Å². The zero-order valence-electron chi connectivity index (χ0n) is 6.66. The summed E-state index contributed by atoms with van der Waals surface area (Å²) in [6.07, 6.45) is 2.38. The predicted molar refractivity (Wildman–Crippen MR) is 53.7 cm³/mol. The van der Waals surface area contributed by atoms with Crippen LogP contribution in [0.5, 0.6) is 5.75 Å². The normalized spacial score (nSPS) is 8.67. The molecule has 0 saturated heterocycles. The standard InChI is InChI=1S/C9H11NO.ClH/c1-2-3-7-6-8(10)4-5-9(7)11;/h2,4-6,11H,1,3,10H2;1H. The van der Waals surface area contributed by atoms with Gasteiger partial charge in [0.05, 0.1) is 0 Å². The van der Waals surface area contributed by atoms with E-state index >= 15 is 0 Å². The highest BCUT2D eigenvalue weighted by molar-refractivity contribution is 5.85. The lowest BCUT2D eigenvalue weighted by Gasteiger charge is -2.01. The molecule has 0 aliphatic rings. The van der Waals surface area contributed by atoms with Crippen LogP contribution in [0.15, 0.2) is 30.9 Å². The topological polar surface area (TPSA) is 46.2 Å². The molecule has 0 aromatic heterocycles. The quantitative estimate of drug-likeness (QED) is 0.421. The molecule has 12 heavy (non-hydrogen) atoms. The molecule has 0 spiro atoms. The van der Waals surface area contributed by atoms with Crippen molar-refractivity contribution in [2.75, 3.05) is 5.73 Å². The highest BCUT2D eigenvalue weighted by atomic mass is 35.5. The van der Waals surface area contributed by atoms with Gasteiger partial charge in [-0.1, -0.05) is 6.08 Å². The molecule has 0 saturated carbocycles. The summed E-state index contributed by atoms with van der Waals surface area (Å²) >= 11 is 0. The molecule has 3 heteroatoms. The first kappa shape index (κ1) is 10.8. The summed E-state index contributed by atoms with van der Waals surface area (Å²) in [6.45, 7) is 3.57. The van der Waals surface area contributed by atoms with Gasteiger partial charge in [0.25, 0.3) is 0 Å². The molecule has 0 radical (unpaired) electrons. The third-order valence-electron chi connectivity index (χ3n) is 1.47. The molecule has 0 amide bonds. The van der Waals surface area contributed by atoms with Crippen molar-refractivity contribution >= 4 is 18.1 Å². The molecule has 0 bridgehead atoms. The minimum Gasteiger partial charge on any atom is -0.508 e. The lowest BCUT2D eigenvalue weighted by atomic mass is 10.1. The lowest BCUT2D eigenvalue weighted by Crippen LogP contribution is -1.87. The lowest BCUT2D eigenvalue weighted by molar-refractivity contribution is 0.470. The van der Waals surface area contributed by atoms with Crippen LogP contribution in [-0.4, -0.2) is 5.11 Å². The number of anilines is 1. The Morgan fingerprint density at radius 2 is 2.17 bits per heavy atom. The summed E-state index contributed by atoms with van der Waals surface area (Å²) in [6, 6.07) is 5.01. The number of nitrogens with two attached hydrogens (primary N) is 1. The van der Waals surface area contributed by atoms with Gasteiger partial charge in [-0.25, -0.2) is 0 Å². The Kier molecular flexibility index (Phi) is 4.22. The molecule has 1 aromatic rings. The first-order valence-electron chi connectivity index (χ1n) is 3.42. The Hall–Kier alpha value is -1.15. The van der Waals surface area contributed by atoms with Gasteiger partial charge in [-0.3, -0.25) is 0 Å². The number of allylic oxidation sites excluding steroid dienone is 1. The number of phenolic OH excluding ortho intramolecular Hbond substituents is 1. The highest BCUT2D eigenvalue weighted by Crippen LogP contribution is 2.19. The van der Waals surface area contributed by atoms with Crippen LogP contribution < -0.4 is 5.73 Å². The highest BCUT2D eigenvalue weighted by Gasteiger charge is 1.97. The largest absolute Gasteiger partial charge is 0.508 e. The second-order valence-electron chi connectivity index (χ2n) is 2.38. The Bertz CT molecular complexity index is 273. The van der Waals surface area contributed by atoms with Crippen LogP contribution in [0, 0.1) is 0 Å². The van der Waals surface area contributed by atoms with Crippen LogP contribution in [0.4, 0.5) is 5.69 Å². The molecule has 0 aliphatic carbocycles. The van der Waals surface area contributed by atoms with Gasteiger partial charge in [0.15, 0.2) is 0 Å². The fraction of sp³-hybridized carbons (Fsp3) is 0.111. The molecule has 2 nitrogen and oxygen atoms in total. The van der Waals surface area contributed by atoms with Crippen LogP contribution in [0.25, 0.3) is 0 Å². The molecular formula is C9H12ClNO. The second-order valence-corrected chi connectivity index (χ2v) is 2.38. The van der Waals surface area contributed by atoms with Gasteiger partial charge >= 0.3 is 0 Å². The first-order valence-corrected chi connectivity index (χ1v) is 3.42. The number of phenols is 1. The summed E-state index contributed by atoms with van der Waals surface area (Å²) in [5.41, 5.74) is 7.00. The van der Waals surface area contributed by atoms with Crippen molar-refractivity contribution in [2.45, 2.75) is 6.42 Å². The number of rotatable bonds is 2. The molecule has 0 unspecified atom stereocenters. The number of hydrogen-bond donors (Lipinski definition) is 2. The van der Waals surface area contributed by atoms with Crippen LogP contribution in [0.3, 0.4) is 0 Å². The van der Waals surface area contributed by atoms with Crippen LogP contribution in [0.2, 0.25) is 0 Å². The molecule has 0 atom stereocenters. The third-order valence-corrected chi connectivity index (χ3v) is 1.47. The molecular weight excluding hydrogens is 174 g/mol. The van der Waals surface area contributed by atoms with Gasteiger partial charge in [-0.05, 0) is 30.2 Å². The minimum atomic E-state index is 0. The van der Waals surface area contributed by atoms with Crippen molar-refractivity contribution < 1.29 is 5.11 Å². The van der Waals surface area contributed by atoms with E-state index in [9.17, 15) is 5.11 Å². The third kappa shape index (κ3) is 2.47. The van der Waals surface area contributed by atoms with E-state index < -0.39 is 0 Å². The van der Waals surface area contributed by atoms with Crippen molar-refractivity contribution in [1.29, 1.82) is 0 Å². The number of nitrogen functional groups attached to an aromatic ring is 1. The van der Waals surface area contributed by atoms with Crippen molar-refractivity contribution in [3.05, 3.63) is 36.4 Å². The van der Waals surface area contributed by atoms with Gasteiger partial charge < -0.3 is 10.8 Å².